The van der Waals surface area contributed by atoms with Gasteiger partial charge in [0.25, 0.3) is 0 Å². The quantitative estimate of drug-likeness (QED) is 0.330. The molecule has 0 heterocycles. The van der Waals surface area contributed by atoms with E-state index in [1.807, 2.05) is 0 Å². The molecule has 23 heavy (non-hydrogen) atoms. The van der Waals surface area contributed by atoms with E-state index in [9.17, 15) is 9.59 Å². The second kappa shape index (κ2) is 19.9. The van der Waals surface area contributed by atoms with Crippen molar-refractivity contribution in [2.24, 2.45) is 5.73 Å². The number of unbranched alkanes of at least 4 members (excludes halogenated alkanes) is 9. The first kappa shape index (κ1) is 25.1. The molecule has 0 aliphatic heterocycles. The van der Waals surface area contributed by atoms with Crippen molar-refractivity contribution in [3.05, 3.63) is 0 Å². The Morgan fingerprint density at radius 2 is 1.35 bits per heavy atom. The molecule has 0 unspecified atom stereocenters. The number of hydrogen-bond acceptors (Lipinski definition) is 3. The molecule has 0 amide bonds. The van der Waals surface area contributed by atoms with Crippen molar-refractivity contribution in [2.75, 3.05) is 0 Å². The molecule has 0 saturated carbocycles. The van der Waals surface area contributed by atoms with Crippen LogP contribution in [-0.2, 0) is 9.59 Å². The van der Waals surface area contributed by atoms with Gasteiger partial charge in [0.2, 0.25) is 0 Å². The maximum atomic E-state index is 9.99. The Bertz CT molecular complexity index is 278. The third-order valence-corrected chi connectivity index (χ3v) is 4.40. The van der Waals surface area contributed by atoms with E-state index in [1.165, 1.54) is 95.8 Å². The molecule has 0 radical (unpaired) electrons. The van der Waals surface area contributed by atoms with Gasteiger partial charge in [-0.1, -0.05) is 0 Å². The predicted octanol–water partition coefficient (Wildman–Crippen LogP) is 3.76. The smallest absolute Gasteiger partial charge is 0.320 e. The van der Waals surface area contributed by atoms with Crippen LogP contribution in [0.1, 0.15) is 84.0 Å². The third-order valence-electron chi connectivity index (χ3n) is 3.69. The molecule has 0 bridgehead atoms. The van der Waals surface area contributed by atoms with Crippen LogP contribution in [0.2, 0.25) is 3.67 Å². The summed E-state index contributed by atoms with van der Waals surface area (Å²) in [5.74, 6) is -2.20. The van der Waals surface area contributed by atoms with Crippen molar-refractivity contribution in [1.29, 1.82) is 0 Å². The number of aliphatic carboxylic acids is 2. The average molecular weight is 339 g/mol. The van der Waals surface area contributed by atoms with E-state index in [0.29, 0.717) is 0 Å². The molecule has 0 aromatic carbocycles. The second-order valence-corrected chi connectivity index (χ2v) is 7.06. The van der Waals surface area contributed by atoms with Gasteiger partial charge in [-0.25, -0.2) is 0 Å². The summed E-state index contributed by atoms with van der Waals surface area (Å²) in [7, 11) is 0. The number of carboxylic acid groups (broad SMARTS) is 2. The topological polar surface area (TPSA) is 101 Å². The van der Waals surface area contributed by atoms with Crippen LogP contribution in [0.3, 0.4) is 0 Å². The molecule has 0 aromatic rings. The summed E-state index contributed by atoms with van der Waals surface area (Å²) in [6, 6.07) is -1.06. The molecule has 0 aliphatic rings. The van der Waals surface area contributed by atoms with Crippen LogP contribution in [0.4, 0.5) is 0 Å². The molecule has 132 valence electrons. The van der Waals surface area contributed by atoms with Gasteiger partial charge in [0.1, 0.15) is 6.04 Å². The zero-order valence-electron chi connectivity index (χ0n) is 15.1. The summed E-state index contributed by atoms with van der Waals surface area (Å²) >= 11 is 1.41. The second-order valence-electron chi connectivity index (χ2n) is 6.06. The van der Waals surface area contributed by atoms with Crippen LogP contribution in [0.5, 0.6) is 0 Å². The van der Waals surface area contributed by atoms with E-state index >= 15 is 0 Å². The van der Waals surface area contributed by atoms with Crippen LogP contribution < -0.4 is 5.73 Å². The van der Waals surface area contributed by atoms with E-state index in [4.69, 9.17) is 15.9 Å². The monoisotopic (exact) mass is 339 g/mol. The van der Waals surface area contributed by atoms with Crippen molar-refractivity contribution >= 4 is 39.9 Å². The first-order valence-electron chi connectivity index (χ1n) is 9.15. The normalized spacial score (nSPS) is 11.5. The van der Waals surface area contributed by atoms with Gasteiger partial charge in [0.15, 0.2) is 0 Å². The summed E-state index contributed by atoms with van der Waals surface area (Å²) < 4.78 is 1.51. The third kappa shape index (κ3) is 24.3. The Morgan fingerprint density at radius 1 is 0.913 bits per heavy atom. The molecule has 4 N–H and O–H groups in total. The van der Waals surface area contributed by atoms with Crippen molar-refractivity contribution in [2.45, 2.75) is 93.7 Å². The molecule has 0 spiro atoms. The largest absolute Gasteiger partial charge is 0.481 e. The summed E-state index contributed by atoms with van der Waals surface area (Å²) in [5, 5.41) is 16.3. The Balaban J connectivity index is 0. The average Bonchev–Trinajstić information content (AvgIpc) is 2.51. The van der Waals surface area contributed by atoms with Gasteiger partial charge < -0.3 is 15.9 Å². The maximum absolute atomic E-state index is 9.99. The minimum Gasteiger partial charge on any atom is -0.481 e. The molecule has 0 rings (SSSR count). The fraction of sp³-hybridized carbons (Fsp3) is 0.882. The van der Waals surface area contributed by atoms with Crippen LogP contribution in [-0.4, -0.2) is 56.1 Å². The Morgan fingerprint density at radius 3 is 1.70 bits per heavy atom. The van der Waals surface area contributed by atoms with Gasteiger partial charge in [0, 0.05) is 6.42 Å². The summed E-state index contributed by atoms with van der Waals surface area (Å²) in [6.45, 7) is 2.29. The molecule has 0 aromatic heterocycles. The van der Waals surface area contributed by atoms with Crippen LogP contribution in [0, 0.1) is 0 Å². The Labute approximate surface area is 158 Å². The zero-order valence-corrected chi connectivity index (χ0v) is 17.1. The molecular formula is C17H34NNaO4. The molecular weight excluding hydrogens is 305 g/mol. The van der Waals surface area contributed by atoms with Crippen LogP contribution in [0.25, 0.3) is 0 Å². The van der Waals surface area contributed by atoms with Crippen LogP contribution in [0.15, 0.2) is 0 Å². The zero-order chi connectivity index (χ0) is 17.9. The minimum atomic E-state index is -1.17. The summed E-state index contributed by atoms with van der Waals surface area (Å²) in [4.78, 5) is 19.9. The minimum absolute atomic E-state index is 0.0231. The van der Waals surface area contributed by atoms with Gasteiger partial charge in [-0.2, -0.15) is 0 Å². The number of carbonyl (C=O) groups is 2. The molecule has 0 aliphatic carbocycles. The predicted molar refractivity (Wildman–Crippen MR) is 94.9 cm³/mol. The number of carboxylic acids is 2. The van der Waals surface area contributed by atoms with E-state index in [0.717, 1.165) is 0 Å². The van der Waals surface area contributed by atoms with Crippen molar-refractivity contribution in [1.82, 2.24) is 0 Å². The van der Waals surface area contributed by atoms with Crippen LogP contribution >= 0.6 is 0 Å². The molecule has 0 fully saturated rings. The molecule has 6 heteroatoms. The Hall–Kier alpha value is -0.100. The first-order chi connectivity index (χ1) is 11.0. The summed E-state index contributed by atoms with van der Waals surface area (Å²) in [6.07, 6.45) is 14.5. The van der Waals surface area contributed by atoms with Crippen molar-refractivity contribution < 1.29 is 19.8 Å². The summed E-state index contributed by atoms with van der Waals surface area (Å²) in [5.41, 5.74) is 5.00. The van der Waals surface area contributed by atoms with E-state index < -0.39 is 18.0 Å². The van der Waals surface area contributed by atoms with Crippen molar-refractivity contribution in [3.8, 4) is 0 Å². The molecule has 0 saturated heterocycles. The van der Waals surface area contributed by atoms with Gasteiger partial charge in [-0.15, -0.1) is 0 Å². The molecule has 1 atom stereocenters. The van der Waals surface area contributed by atoms with Gasteiger partial charge in [-0.05, 0) is 6.42 Å². The standard InChI is InChI=1S/C12H25.C5H9NO4.Na/c1-3-5-7-9-11-12-10-8-6-4-2;6-3(5(9)10)1-2-4(7)8;/h1,3-12H2,2H3;3H,1-2,6H2,(H,7,8)(H,9,10);/t;3-;/m.0./s1. The van der Waals surface area contributed by atoms with E-state index in [-0.39, 0.29) is 12.8 Å². The number of hydrogen-bond donors (Lipinski definition) is 3. The SMILES string of the molecule is CCCCCCCCCCC[CH2][Na].N[C@@H](CCC(=O)O)C(=O)O. The van der Waals surface area contributed by atoms with Gasteiger partial charge in [-0.3, -0.25) is 9.59 Å². The van der Waals surface area contributed by atoms with Gasteiger partial charge >= 0.3 is 115 Å². The first-order valence-corrected chi connectivity index (χ1v) is 10.6. The van der Waals surface area contributed by atoms with Crippen molar-refractivity contribution in [3.63, 3.8) is 0 Å². The fourth-order valence-electron chi connectivity index (χ4n) is 2.14. The van der Waals surface area contributed by atoms with Gasteiger partial charge in [0.05, 0.1) is 0 Å². The van der Waals surface area contributed by atoms with E-state index in [2.05, 4.69) is 6.92 Å². The molecule has 5 nitrogen and oxygen atoms in total. The van der Waals surface area contributed by atoms with E-state index in [1.54, 1.807) is 0 Å². The maximum Gasteiger partial charge on any atom is 0.320 e. The number of nitrogens with two attached hydrogens (primary N) is 1. The Kier molecular flexibility index (Phi) is 21.8. The number of rotatable bonds is 14. The fourth-order valence-corrected chi connectivity index (χ4v) is 2.64.